The average molecular weight is 273 g/mol. The van der Waals surface area contributed by atoms with Gasteiger partial charge in [0.25, 0.3) is 0 Å². The lowest BCUT2D eigenvalue weighted by molar-refractivity contribution is -0.117. The molecule has 0 aromatic heterocycles. The number of fused-ring (bicyclic) bond motifs is 1. The van der Waals surface area contributed by atoms with E-state index in [2.05, 4.69) is 29.3 Å². The normalized spacial score (nSPS) is 19.5. The molecule has 0 unspecified atom stereocenters. The fourth-order valence-corrected chi connectivity index (χ4v) is 3.31. The number of nitrogens with zero attached hydrogens (tertiary/aromatic N) is 2. The molecule has 108 valence electrons. The molecule has 0 saturated carbocycles. The summed E-state index contributed by atoms with van der Waals surface area (Å²) < 4.78 is 0. The topological polar surface area (TPSA) is 35.6 Å². The Hall–Kier alpha value is -1.39. The van der Waals surface area contributed by atoms with Gasteiger partial charge in [-0.1, -0.05) is 17.7 Å². The second-order valence-corrected chi connectivity index (χ2v) is 5.90. The van der Waals surface area contributed by atoms with Gasteiger partial charge in [0.15, 0.2) is 0 Å². The number of amides is 1. The van der Waals surface area contributed by atoms with Crippen LogP contribution < -0.4 is 10.2 Å². The minimum Gasteiger partial charge on any atom is -0.315 e. The number of carbonyl (C=O) groups excluding carboxylic acids is 1. The predicted molar refractivity (Wildman–Crippen MR) is 81.3 cm³/mol. The molecule has 1 fully saturated rings. The summed E-state index contributed by atoms with van der Waals surface area (Å²) in [5.74, 6) is 0.217. The molecule has 0 aliphatic carbocycles. The summed E-state index contributed by atoms with van der Waals surface area (Å²) in [5.41, 5.74) is 4.96. The smallest absolute Gasteiger partial charge is 0.231 e. The number of carbonyl (C=O) groups is 1. The summed E-state index contributed by atoms with van der Waals surface area (Å²) in [6.07, 6.45) is 1.59. The Morgan fingerprint density at radius 1 is 1.25 bits per heavy atom. The number of hydrogen-bond donors (Lipinski definition) is 1. The van der Waals surface area contributed by atoms with Crippen LogP contribution in [-0.4, -0.2) is 50.6 Å². The van der Waals surface area contributed by atoms with E-state index in [0.717, 1.165) is 44.8 Å². The second kappa shape index (κ2) is 5.54. The minimum absolute atomic E-state index is 0.217. The first kappa shape index (κ1) is 13.6. The summed E-state index contributed by atoms with van der Waals surface area (Å²) in [4.78, 5) is 16.2. The van der Waals surface area contributed by atoms with Crippen molar-refractivity contribution < 1.29 is 4.79 Å². The number of benzene rings is 1. The van der Waals surface area contributed by atoms with Gasteiger partial charge in [-0.25, -0.2) is 0 Å². The molecule has 1 aromatic rings. The first-order valence-electron chi connectivity index (χ1n) is 7.47. The fourth-order valence-electron chi connectivity index (χ4n) is 3.31. The Kier molecular flexibility index (Phi) is 3.76. The molecule has 4 heteroatoms. The van der Waals surface area contributed by atoms with Crippen molar-refractivity contribution in [1.29, 1.82) is 0 Å². The lowest BCUT2D eigenvalue weighted by Crippen LogP contribution is -2.44. The van der Waals surface area contributed by atoms with Crippen LogP contribution in [-0.2, 0) is 17.6 Å². The van der Waals surface area contributed by atoms with E-state index in [4.69, 9.17) is 0 Å². The van der Waals surface area contributed by atoms with E-state index in [1.54, 1.807) is 0 Å². The maximum absolute atomic E-state index is 11.9. The summed E-state index contributed by atoms with van der Waals surface area (Å²) in [5, 5.41) is 3.38. The number of hydrogen-bond acceptors (Lipinski definition) is 3. The molecule has 2 aliphatic heterocycles. The number of aryl methyl sites for hydroxylation is 1. The molecule has 4 nitrogen and oxygen atoms in total. The fraction of sp³-hybridized carbons (Fsp3) is 0.562. The molecular weight excluding hydrogens is 250 g/mol. The van der Waals surface area contributed by atoms with E-state index in [0.29, 0.717) is 6.42 Å². The molecule has 0 radical (unpaired) electrons. The molecule has 1 amide bonds. The second-order valence-electron chi connectivity index (χ2n) is 5.90. The van der Waals surface area contributed by atoms with Gasteiger partial charge in [-0.05, 0) is 24.5 Å². The van der Waals surface area contributed by atoms with Gasteiger partial charge >= 0.3 is 0 Å². The Morgan fingerprint density at radius 3 is 2.75 bits per heavy atom. The van der Waals surface area contributed by atoms with Crippen molar-refractivity contribution in [1.82, 2.24) is 10.2 Å². The van der Waals surface area contributed by atoms with Gasteiger partial charge < -0.3 is 15.1 Å². The molecule has 0 spiro atoms. The standard InChI is InChI=1S/C16H23N3O/c1-12-9-13(3-6-19-7-4-17-5-8-19)16-14(10-12)11-15(20)18(16)2/h9-10,17H,3-8,11H2,1-2H3. The zero-order valence-corrected chi connectivity index (χ0v) is 12.4. The Balaban J connectivity index is 1.77. The molecule has 0 atom stereocenters. The summed E-state index contributed by atoms with van der Waals surface area (Å²) in [6, 6.07) is 4.40. The zero-order chi connectivity index (χ0) is 14.1. The quantitative estimate of drug-likeness (QED) is 0.891. The van der Waals surface area contributed by atoms with Gasteiger partial charge in [-0.15, -0.1) is 0 Å². The zero-order valence-electron chi connectivity index (χ0n) is 12.4. The van der Waals surface area contributed by atoms with Gasteiger partial charge in [-0.3, -0.25) is 4.79 Å². The van der Waals surface area contributed by atoms with Crippen LogP contribution in [0, 0.1) is 6.92 Å². The molecule has 0 bridgehead atoms. The third-order valence-electron chi connectivity index (χ3n) is 4.37. The Labute approximate surface area is 120 Å². The lowest BCUT2D eigenvalue weighted by atomic mass is 10.0. The van der Waals surface area contributed by atoms with E-state index in [9.17, 15) is 4.79 Å². The van der Waals surface area contributed by atoms with Crippen LogP contribution in [0.4, 0.5) is 5.69 Å². The highest BCUT2D eigenvalue weighted by atomic mass is 16.2. The van der Waals surface area contributed by atoms with Crippen molar-refractivity contribution in [3.8, 4) is 0 Å². The maximum atomic E-state index is 11.9. The molecule has 3 rings (SSSR count). The molecule has 2 aliphatic rings. The van der Waals surface area contributed by atoms with Crippen molar-refractivity contribution in [3.05, 3.63) is 28.8 Å². The lowest BCUT2D eigenvalue weighted by Gasteiger charge is -2.27. The number of rotatable bonds is 3. The van der Waals surface area contributed by atoms with Crippen LogP contribution in [0.3, 0.4) is 0 Å². The number of anilines is 1. The van der Waals surface area contributed by atoms with Gasteiger partial charge in [-0.2, -0.15) is 0 Å². The van der Waals surface area contributed by atoms with Crippen LogP contribution in [0.5, 0.6) is 0 Å². The maximum Gasteiger partial charge on any atom is 0.231 e. The van der Waals surface area contributed by atoms with Crippen molar-refractivity contribution in [2.45, 2.75) is 19.8 Å². The van der Waals surface area contributed by atoms with Crippen LogP contribution in [0.25, 0.3) is 0 Å². The van der Waals surface area contributed by atoms with Gasteiger partial charge in [0.05, 0.1) is 12.1 Å². The SMILES string of the molecule is Cc1cc(CCN2CCNCC2)c2c(c1)CC(=O)N2C. The van der Waals surface area contributed by atoms with Crippen molar-refractivity contribution >= 4 is 11.6 Å². The van der Waals surface area contributed by atoms with E-state index in [1.165, 1.54) is 16.7 Å². The minimum atomic E-state index is 0.217. The van der Waals surface area contributed by atoms with Crippen molar-refractivity contribution in [2.75, 3.05) is 44.7 Å². The monoisotopic (exact) mass is 273 g/mol. The number of piperazine rings is 1. The highest BCUT2D eigenvalue weighted by Crippen LogP contribution is 2.33. The molecule has 1 aromatic carbocycles. The van der Waals surface area contributed by atoms with E-state index in [-0.39, 0.29) is 5.91 Å². The van der Waals surface area contributed by atoms with Crippen LogP contribution >= 0.6 is 0 Å². The largest absolute Gasteiger partial charge is 0.315 e. The van der Waals surface area contributed by atoms with Crippen LogP contribution in [0.2, 0.25) is 0 Å². The Bertz CT molecular complexity index is 521. The number of nitrogens with one attached hydrogen (secondary N) is 1. The van der Waals surface area contributed by atoms with Gasteiger partial charge in [0.2, 0.25) is 5.91 Å². The summed E-state index contributed by atoms with van der Waals surface area (Å²) in [6.45, 7) is 7.64. The molecular formula is C16H23N3O. The molecule has 1 saturated heterocycles. The van der Waals surface area contributed by atoms with Gasteiger partial charge in [0.1, 0.15) is 0 Å². The first-order chi connectivity index (χ1) is 9.65. The predicted octanol–water partition coefficient (Wildman–Crippen LogP) is 0.962. The first-order valence-corrected chi connectivity index (χ1v) is 7.47. The highest BCUT2D eigenvalue weighted by molar-refractivity contribution is 6.01. The van der Waals surface area contributed by atoms with E-state index < -0.39 is 0 Å². The molecule has 20 heavy (non-hydrogen) atoms. The third kappa shape index (κ3) is 2.58. The Morgan fingerprint density at radius 2 is 2.00 bits per heavy atom. The average Bonchev–Trinajstić information content (AvgIpc) is 2.72. The van der Waals surface area contributed by atoms with Gasteiger partial charge in [0, 0.05) is 39.8 Å². The van der Waals surface area contributed by atoms with Crippen LogP contribution in [0.15, 0.2) is 12.1 Å². The highest BCUT2D eigenvalue weighted by Gasteiger charge is 2.27. The molecule has 2 heterocycles. The summed E-state index contributed by atoms with van der Waals surface area (Å²) in [7, 11) is 1.90. The van der Waals surface area contributed by atoms with Crippen molar-refractivity contribution in [2.24, 2.45) is 0 Å². The van der Waals surface area contributed by atoms with Crippen molar-refractivity contribution in [3.63, 3.8) is 0 Å². The van der Waals surface area contributed by atoms with E-state index in [1.807, 2.05) is 11.9 Å². The molecule has 1 N–H and O–H groups in total. The number of likely N-dealkylation sites (N-methyl/N-ethyl adjacent to an activating group) is 1. The summed E-state index contributed by atoms with van der Waals surface area (Å²) >= 11 is 0. The third-order valence-corrected chi connectivity index (χ3v) is 4.37. The van der Waals surface area contributed by atoms with Crippen LogP contribution in [0.1, 0.15) is 16.7 Å². The van der Waals surface area contributed by atoms with E-state index >= 15 is 0 Å².